The summed E-state index contributed by atoms with van der Waals surface area (Å²) in [5.74, 6) is -0.397. The van der Waals surface area contributed by atoms with Gasteiger partial charge < -0.3 is 15.2 Å². The fraction of sp³-hybridized carbons (Fsp3) is 0.462. The van der Waals surface area contributed by atoms with Crippen LogP contribution in [0.3, 0.4) is 0 Å². The molecule has 0 amide bonds. The van der Waals surface area contributed by atoms with Crippen LogP contribution in [0.4, 0.5) is 0 Å². The number of carbonyl (C=O) groups excluding carboxylic acids is 1. The lowest BCUT2D eigenvalue weighted by Crippen LogP contribution is -2.27. The molecule has 2 unspecified atom stereocenters. The van der Waals surface area contributed by atoms with Gasteiger partial charge in [0.2, 0.25) is 0 Å². The summed E-state index contributed by atoms with van der Waals surface area (Å²) in [6, 6.07) is 8.51. The van der Waals surface area contributed by atoms with Gasteiger partial charge in [-0.15, -0.1) is 0 Å². The van der Waals surface area contributed by atoms with Crippen LogP contribution < -0.4 is 5.73 Å². The number of hydrogen-bond donors (Lipinski definition) is 1. The molecule has 0 saturated carbocycles. The van der Waals surface area contributed by atoms with E-state index in [2.05, 4.69) is 0 Å². The van der Waals surface area contributed by atoms with Gasteiger partial charge in [-0.25, -0.2) is 4.79 Å². The minimum atomic E-state index is -0.711. The van der Waals surface area contributed by atoms with Gasteiger partial charge in [-0.1, -0.05) is 30.3 Å². The molecule has 1 saturated heterocycles. The highest BCUT2D eigenvalue weighted by molar-refractivity contribution is 5.77. The van der Waals surface area contributed by atoms with Gasteiger partial charge in [0.15, 0.2) is 0 Å². The smallest absolute Gasteiger partial charge is 0.327 e. The first-order valence-electron chi connectivity index (χ1n) is 5.86. The van der Waals surface area contributed by atoms with Crippen LogP contribution in [0.2, 0.25) is 0 Å². The summed E-state index contributed by atoms with van der Waals surface area (Å²) >= 11 is 0. The Balaban J connectivity index is 1.83. The summed E-state index contributed by atoms with van der Waals surface area (Å²) in [5, 5.41) is 0. The third-order valence-electron chi connectivity index (χ3n) is 2.85. The molecule has 17 heavy (non-hydrogen) atoms. The van der Waals surface area contributed by atoms with Gasteiger partial charge in [0.25, 0.3) is 0 Å². The van der Waals surface area contributed by atoms with Gasteiger partial charge in [-0.3, -0.25) is 0 Å². The van der Waals surface area contributed by atoms with Crippen LogP contribution in [0.25, 0.3) is 0 Å². The van der Waals surface area contributed by atoms with E-state index in [1.54, 1.807) is 0 Å². The predicted molar refractivity (Wildman–Crippen MR) is 63.3 cm³/mol. The van der Waals surface area contributed by atoms with Gasteiger partial charge >= 0.3 is 5.97 Å². The first-order valence-corrected chi connectivity index (χ1v) is 5.86. The average molecular weight is 235 g/mol. The van der Waals surface area contributed by atoms with E-state index >= 15 is 0 Å². The Labute approximate surface area is 101 Å². The lowest BCUT2D eigenvalue weighted by molar-refractivity contribution is -0.148. The summed E-state index contributed by atoms with van der Waals surface area (Å²) in [5.41, 5.74) is 6.58. The third-order valence-corrected chi connectivity index (χ3v) is 2.85. The molecule has 2 atom stereocenters. The maximum atomic E-state index is 11.7. The molecule has 92 valence electrons. The van der Waals surface area contributed by atoms with Crippen LogP contribution in [-0.4, -0.2) is 25.3 Å². The minimum Gasteiger partial charge on any atom is -0.462 e. The SMILES string of the molecule is NC(C(=O)OCC1CCCO1)c1ccccc1. The molecular weight excluding hydrogens is 218 g/mol. The quantitative estimate of drug-likeness (QED) is 0.801. The zero-order valence-electron chi connectivity index (χ0n) is 9.67. The number of rotatable bonds is 4. The number of hydrogen-bond acceptors (Lipinski definition) is 4. The summed E-state index contributed by atoms with van der Waals surface area (Å²) in [7, 11) is 0. The van der Waals surface area contributed by atoms with E-state index < -0.39 is 12.0 Å². The summed E-state index contributed by atoms with van der Waals surface area (Å²) in [6.45, 7) is 1.06. The topological polar surface area (TPSA) is 61.6 Å². The van der Waals surface area contributed by atoms with Crippen molar-refractivity contribution in [3.05, 3.63) is 35.9 Å². The van der Waals surface area contributed by atoms with Crippen molar-refractivity contribution < 1.29 is 14.3 Å². The van der Waals surface area contributed by atoms with Crippen LogP contribution in [0, 0.1) is 0 Å². The first-order chi connectivity index (χ1) is 8.27. The molecule has 0 aromatic heterocycles. The van der Waals surface area contributed by atoms with Crippen molar-refractivity contribution in [3.8, 4) is 0 Å². The van der Waals surface area contributed by atoms with Gasteiger partial charge in [-0.05, 0) is 18.4 Å². The molecule has 0 spiro atoms. The highest BCUT2D eigenvalue weighted by Crippen LogP contribution is 2.15. The molecule has 1 aliphatic heterocycles. The van der Waals surface area contributed by atoms with Crippen LogP contribution in [0.5, 0.6) is 0 Å². The van der Waals surface area contributed by atoms with E-state index in [1.807, 2.05) is 30.3 Å². The molecule has 4 heteroatoms. The maximum absolute atomic E-state index is 11.7. The first kappa shape index (κ1) is 12.1. The van der Waals surface area contributed by atoms with Crippen molar-refractivity contribution in [2.24, 2.45) is 5.73 Å². The number of benzene rings is 1. The van der Waals surface area contributed by atoms with Gasteiger partial charge in [0, 0.05) is 6.61 Å². The second-order valence-corrected chi connectivity index (χ2v) is 4.15. The van der Waals surface area contributed by atoms with Crippen molar-refractivity contribution in [2.75, 3.05) is 13.2 Å². The van der Waals surface area contributed by atoms with E-state index in [4.69, 9.17) is 15.2 Å². The highest BCUT2D eigenvalue weighted by Gasteiger charge is 2.21. The van der Waals surface area contributed by atoms with Gasteiger partial charge in [0.1, 0.15) is 12.6 Å². The van der Waals surface area contributed by atoms with Crippen molar-refractivity contribution in [3.63, 3.8) is 0 Å². The maximum Gasteiger partial charge on any atom is 0.327 e. The number of carbonyl (C=O) groups is 1. The zero-order chi connectivity index (χ0) is 12.1. The molecule has 0 aliphatic carbocycles. The Morgan fingerprint density at radius 1 is 1.47 bits per heavy atom. The minimum absolute atomic E-state index is 0.0434. The third kappa shape index (κ3) is 3.28. The molecule has 1 fully saturated rings. The van der Waals surface area contributed by atoms with Crippen molar-refractivity contribution >= 4 is 5.97 Å². The molecule has 4 nitrogen and oxygen atoms in total. The molecule has 1 aromatic carbocycles. The molecule has 2 rings (SSSR count). The lowest BCUT2D eigenvalue weighted by atomic mass is 10.1. The van der Waals surface area contributed by atoms with Crippen molar-refractivity contribution in [2.45, 2.75) is 25.0 Å². The highest BCUT2D eigenvalue weighted by atomic mass is 16.6. The van der Waals surface area contributed by atoms with E-state index in [0.717, 1.165) is 25.0 Å². The summed E-state index contributed by atoms with van der Waals surface area (Å²) in [6.07, 6.45) is 2.03. The van der Waals surface area contributed by atoms with Crippen LogP contribution in [-0.2, 0) is 14.3 Å². The average Bonchev–Trinajstić information content (AvgIpc) is 2.89. The van der Waals surface area contributed by atoms with Gasteiger partial charge in [-0.2, -0.15) is 0 Å². The normalized spacial score (nSPS) is 21.1. The van der Waals surface area contributed by atoms with Crippen LogP contribution >= 0.6 is 0 Å². The number of nitrogens with two attached hydrogens (primary N) is 1. The van der Waals surface area contributed by atoms with E-state index in [0.29, 0.717) is 6.61 Å². The summed E-state index contributed by atoms with van der Waals surface area (Å²) < 4.78 is 10.5. The molecular formula is C13H17NO3. The van der Waals surface area contributed by atoms with Crippen molar-refractivity contribution in [1.82, 2.24) is 0 Å². The second kappa shape index (κ2) is 5.80. The number of ether oxygens (including phenoxy) is 2. The lowest BCUT2D eigenvalue weighted by Gasteiger charge is -2.14. The van der Waals surface area contributed by atoms with E-state index in [1.165, 1.54) is 0 Å². The van der Waals surface area contributed by atoms with E-state index in [9.17, 15) is 4.79 Å². The van der Waals surface area contributed by atoms with E-state index in [-0.39, 0.29) is 6.10 Å². The molecule has 1 aliphatic rings. The van der Waals surface area contributed by atoms with Crippen LogP contribution in [0.15, 0.2) is 30.3 Å². The molecule has 1 aromatic rings. The second-order valence-electron chi connectivity index (χ2n) is 4.15. The number of esters is 1. The largest absolute Gasteiger partial charge is 0.462 e. The molecule has 1 heterocycles. The standard InChI is InChI=1S/C13H17NO3/c14-12(10-5-2-1-3-6-10)13(15)17-9-11-7-4-8-16-11/h1-3,5-6,11-12H,4,7-9,14H2. The van der Waals surface area contributed by atoms with Crippen molar-refractivity contribution in [1.29, 1.82) is 0 Å². The fourth-order valence-corrected chi connectivity index (χ4v) is 1.84. The Kier molecular flexibility index (Phi) is 4.12. The Morgan fingerprint density at radius 2 is 2.24 bits per heavy atom. The zero-order valence-corrected chi connectivity index (χ0v) is 9.67. The Bertz CT molecular complexity index is 360. The monoisotopic (exact) mass is 235 g/mol. The molecule has 0 radical (unpaired) electrons. The predicted octanol–water partition coefficient (Wildman–Crippen LogP) is 1.41. The Hall–Kier alpha value is -1.39. The van der Waals surface area contributed by atoms with Gasteiger partial charge in [0.05, 0.1) is 6.10 Å². The molecule has 0 bridgehead atoms. The fourth-order valence-electron chi connectivity index (χ4n) is 1.84. The summed E-state index contributed by atoms with van der Waals surface area (Å²) in [4.78, 5) is 11.7. The van der Waals surface area contributed by atoms with Crippen LogP contribution in [0.1, 0.15) is 24.4 Å². The Morgan fingerprint density at radius 3 is 2.88 bits per heavy atom. The molecule has 2 N–H and O–H groups in total.